The standard InChI is InChI=1S/C7H9BO4/c1-12-7-3-5(8(10)11)2-6(9)4-7/h2-4,9-11H,1H3. The lowest BCUT2D eigenvalue weighted by molar-refractivity contribution is 0.405. The molecule has 0 aromatic heterocycles. The van der Waals surface area contributed by atoms with Gasteiger partial charge in [-0.25, -0.2) is 0 Å². The summed E-state index contributed by atoms with van der Waals surface area (Å²) in [4.78, 5) is 0. The van der Waals surface area contributed by atoms with Crippen molar-refractivity contribution in [1.82, 2.24) is 0 Å². The van der Waals surface area contributed by atoms with E-state index in [0.717, 1.165) is 0 Å². The summed E-state index contributed by atoms with van der Waals surface area (Å²) in [5, 5.41) is 26.6. The predicted octanol–water partition coefficient (Wildman–Crippen LogP) is -0.919. The molecule has 0 aliphatic rings. The zero-order valence-electron chi connectivity index (χ0n) is 6.56. The molecule has 1 rings (SSSR count). The molecule has 0 atom stereocenters. The minimum atomic E-state index is -1.59. The molecule has 0 saturated carbocycles. The van der Waals surface area contributed by atoms with Gasteiger partial charge in [0, 0.05) is 6.07 Å². The summed E-state index contributed by atoms with van der Waals surface area (Å²) in [7, 11) is -0.159. The zero-order chi connectivity index (χ0) is 9.14. The molecular weight excluding hydrogens is 159 g/mol. The largest absolute Gasteiger partial charge is 0.508 e. The first-order valence-corrected chi connectivity index (χ1v) is 3.37. The lowest BCUT2D eigenvalue weighted by Gasteiger charge is -2.04. The van der Waals surface area contributed by atoms with Crippen LogP contribution in [0.1, 0.15) is 0 Å². The molecular formula is C7H9BO4. The molecule has 12 heavy (non-hydrogen) atoms. The summed E-state index contributed by atoms with van der Waals surface area (Å²) in [5.74, 6) is 0.329. The molecule has 0 fully saturated rings. The Morgan fingerprint density at radius 3 is 2.42 bits per heavy atom. The van der Waals surface area contributed by atoms with Crippen LogP contribution in [0, 0.1) is 0 Å². The second-order valence-corrected chi connectivity index (χ2v) is 2.34. The van der Waals surface area contributed by atoms with Crippen molar-refractivity contribution in [1.29, 1.82) is 0 Å². The molecule has 0 spiro atoms. The highest BCUT2D eigenvalue weighted by Gasteiger charge is 2.12. The van der Waals surface area contributed by atoms with Crippen LogP contribution in [-0.4, -0.2) is 29.4 Å². The van der Waals surface area contributed by atoms with E-state index in [0.29, 0.717) is 5.75 Å². The highest BCUT2D eigenvalue weighted by Crippen LogP contribution is 2.15. The van der Waals surface area contributed by atoms with Gasteiger partial charge in [0.2, 0.25) is 0 Å². The number of ether oxygens (including phenoxy) is 1. The summed E-state index contributed by atoms with van der Waals surface area (Å²) in [6, 6.07) is 4.07. The van der Waals surface area contributed by atoms with E-state index in [1.807, 2.05) is 0 Å². The van der Waals surface area contributed by atoms with Crippen LogP contribution < -0.4 is 10.2 Å². The average molecular weight is 168 g/mol. The summed E-state index contributed by atoms with van der Waals surface area (Å²) in [6.07, 6.45) is 0. The van der Waals surface area contributed by atoms with E-state index in [4.69, 9.17) is 19.9 Å². The number of rotatable bonds is 2. The molecule has 4 nitrogen and oxygen atoms in total. The van der Waals surface area contributed by atoms with Crippen LogP contribution in [0.15, 0.2) is 18.2 Å². The van der Waals surface area contributed by atoms with Crippen LogP contribution in [0.5, 0.6) is 11.5 Å². The topological polar surface area (TPSA) is 69.9 Å². The van der Waals surface area contributed by atoms with Gasteiger partial charge in [-0.1, -0.05) is 0 Å². The first-order chi connectivity index (χ1) is 5.63. The lowest BCUT2D eigenvalue weighted by Crippen LogP contribution is -2.29. The third kappa shape index (κ3) is 1.90. The van der Waals surface area contributed by atoms with Gasteiger partial charge in [-0.05, 0) is 17.6 Å². The maximum absolute atomic E-state index is 9.07. The van der Waals surface area contributed by atoms with Gasteiger partial charge in [0.15, 0.2) is 0 Å². The number of phenols is 1. The van der Waals surface area contributed by atoms with Crippen molar-refractivity contribution in [3.05, 3.63) is 18.2 Å². The van der Waals surface area contributed by atoms with Crippen LogP contribution in [0.4, 0.5) is 0 Å². The Hall–Kier alpha value is -1.20. The fraction of sp³-hybridized carbons (Fsp3) is 0.143. The Kier molecular flexibility index (Phi) is 2.57. The van der Waals surface area contributed by atoms with Gasteiger partial charge in [0.1, 0.15) is 11.5 Å². The minimum absolute atomic E-state index is 0.0579. The van der Waals surface area contributed by atoms with Crippen molar-refractivity contribution >= 4 is 12.6 Å². The third-order valence-corrected chi connectivity index (χ3v) is 1.45. The molecule has 0 aliphatic carbocycles. The van der Waals surface area contributed by atoms with Gasteiger partial charge in [0.25, 0.3) is 0 Å². The summed E-state index contributed by atoms with van der Waals surface area (Å²) < 4.78 is 4.80. The normalized spacial score (nSPS) is 9.58. The molecule has 0 bridgehead atoms. The molecule has 0 unspecified atom stereocenters. The number of hydrogen-bond acceptors (Lipinski definition) is 4. The number of methoxy groups -OCH3 is 1. The van der Waals surface area contributed by atoms with Gasteiger partial charge in [-0.3, -0.25) is 0 Å². The van der Waals surface area contributed by atoms with Crippen LogP contribution in [0.2, 0.25) is 0 Å². The van der Waals surface area contributed by atoms with E-state index in [2.05, 4.69) is 0 Å². The number of phenolic OH excluding ortho intramolecular Hbond substituents is 1. The van der Waals surface area contributed by atoms with Gasteiger partial charge in [0.05, 0.1) is 7.11 Å². The van der Waals surface area contributed by atoms with E-state index < -0.39 is 7.12 Å². The van der Waals surface area contributed by atoms with E-state index in [1.54, 1.807) is 0 Å². The highest BCUT2D eigenvalue weighted by molar-refractivity contribution is 6.58. The molecule has 3 N–H and O–H groups in total. The lowest BCUT2D eigenvalue weighted by atomic mass is 9.80. The van der Waals surface area contributed by atoms with E-state index in [-0.39, 0.29) is 11.2 Å². The summed E-state index contributed by atoms with van der Waals surface area (Å²) in [5.41, 5.74) is 0.201. The zero-order valence-corrected chi connectivity index (χ0v) is 6.56. The molecule has 0 radical (unpaired) electrons. The van der Waals surface area contributed by atoms with Crippen molar-refractivity contribution < 1.29 is 19.9 Å². The molecule has 0 amide bonds. The molecule has 5 heteroatoms. The molecule has 0 saturated heterocycles. The monoisotopic (exact) mass is 168 g/mol. The number of hydrogen-bond donors (Lipinski definition) is 3. The van der Waals surface area contributed by atoms with Crippen molar-refractivity contribution in [2.24, 2.45) is 0 Å². The van der Waals surface area contributed by atoms with Gasteiger partial charge < -0.3 is 19.9 Å². The Bertz CT molecular complexity index is 274. The summed E-state index contributed by atoms with van der Waals surface area (Å²) >= 11 is 0. The molecule has 1 aromatic carbocycles. The van der Waals surface area contributed by atoms with Gasteiger partial charge >= 0.3 is 7.12 Å². The molecule has 0 heterocycles. The van der Waals surface area contributed by atoms with Gasteiger partial charge in [-0.2, -0.15) is 0 Å². The van der Waals surface area contributed by atoms with E-state index >= 15 is 0 Å². The molecule has 0 aliphatic heterocycles. The average Bonchev–Trinajstić information content (AvgIpc) is 2.03. The summed E-state index contributed by atoms with van der Waals surface area (Å²) in [6.45, 7) is 0. The van der Waals surface area contributed by atoms with Crippen molar-refractivity contribution in [3.8, 4) is 11.5 Å². The SMILES string of the molecule is COc1cc(O)cc(B(O)O)c1. The Balaban J connectivity index is 3.06. The quantitative estimate of drug-likeness (QED) is 0.499. The van der Waals surface area contributed by atoms with Crippen LogP contribution in [-0.2, 0) is 0 Å². The fourth-order valence-corrected chi connectivity index (χ4v) is 0.873. The fourth-order valence-electron chi connectivity index (χ4n) is 0.873. The molecule has 64 valence electrons. The van der Waals surface area contributed by atoms with Crippen LogP contribution >= 0.6 is 0 Å². The highest BCUT2D eigenvalue weighted by atomic mass is 16.5. The maximum Gasteiger partial charge on any atom is 0.488 e. The minimum Gasteiger partial charge on any atom is -0.508 e. The van der Waals surface area contributed by atoms with Crippen LogP contribution in [0.25, 0.3) is 0 Å². The second kappa shape index (κ2) is 3.47. The van der Waals surface area contributed by atoms with Gasteiger partial charge in [-0.15, -0.1) is 0 Å². The first-order valence-electron chi connectivity index (χ1n) is 3.37. The molecule has 1 aromatic rings. The third-order valence-electron chi connectivity index (χ3n) is 1.45. The first kappa shape index (κ1) is 8.90. The Morgan fingerprint density at radius 2 is 1.92 bits per heavy atom. The van der Waals surface area contributed by atoms with Crippen molar-refractivity contribution in [2.75, 3.05) is 7.11 Å². The maximum atomic E-state index is 9.07. The van der Waals surface area contributed by atoms with E-state index in [1.165, 1.54) is 25.3 Å². The Morgan fingerprint density at radius 1 is 1.25 bits per heavy atom. The predicted molar refractivity (Wildman–Crippen MR) is 44.5 cm³/mol. The van der Waals surface area contributed by atoms with Crippen molar-refractivity contribution in [3.63, 3.8) is 0 Å². The second-order valence-electron chi connectivity index (χ2n) is 2.34. The number of aromatic hydroxyl groups is 1. The van der Waals surface area contributed by atoms with Crippen molar-refractivity contribution in [2.45, 2.75) is 0 Å². The van der Waals surface area contributed by atoms with Crippen LogP contribution in [0.3, 0.4) is 0 Å². The number of benzene rings is 1. The Labute approximate surface area is 70.2 Å². The van der Waals surface area contributed by atoms with E-state index in [9.17, 15) is 0 Å². The smallest absolute Gasteiger partial charge is 0.488 e.